The van der Waals surface area contributed by atoms with Gasteiger partial charge in [-0.15, -0.1) is 0 Å². The summed E-state index contributed by atoms with van der Waals surface area (Å²) in [4.78, 5) is 4.50. The lowest BCUT2D eigenvalue weighted by Crippen LogP contribution is -2.11. The lowest BCUT2D eigenvalue weighted by Gasteiger charge is -2.06. The summed E-state index contributed by atoms with van der Waals surface area (Å²) in [5.41, 5.74) is 3.59. The van der Waals surface area contributed by atoms with Gasteiger partial charge < -0.3 is 5.32 Å². The predicted molar refractivity (Wildman–Crippen MR) is 89.4 cm³/mol. The van der Waals surface area contributed by atoms with Crippen LogP contribution in [0.3, 0.4) is 0 Å². The molecule has 0 amide bonds. The zero-order valence-corrected chi connectivity index (χ0v) is 12.9. The molecule has 0 saturated carbocycles. The Kier molecular flexibility index (Phi) is 7.12. The molecule has 0 radical (unpaired) electrons. The van der Waals surface area contributed by atoms with Crippen LogP contribution in [0.15, 0.2) is 59.6 Å². The molecular formula is C18H24N2. The molecule has 2 nitrogen and oxygen atoms in total. The molecule has 106 valence electrons. The Morgan fingerprint density at radius 3 is 2.10 bits per heavy atom. The van der Waals surface area contributed by atoms with E-state index in [1.165, 1.54) is 11.1 Å². The normalized spacial score (nSPS) is 11.1. The third-order valence-corrected chi connectivity index (χ3v) is 2.72. The Labute approximate surface area is 122 Å². The monoisotopic (exact) mass is 268 g/mol. The summed E-state index contributed by atoms with van der Waals surface area (Å²) in [6.07, 6.45) is 0. The fraction of sp³-hybridized carbons (Fsp3) is 0.278. The van der Waals surface area contributed by atoms with Crippen LogP contribution < -0.4 is 5.32 Å². The van der Waals surface area contributed by atoms with Crippen molar-refractivity contribution in [3.63, 3.8) is 0 Å². The number of hydrogen-bond donors (Lipinski definition) is 1. The summed E-state index contributed by atoms with van der Waals surface area (Å²) < 4.78 is 0. The van der Waals surface area contributed by atoms with E-state index in [4.69, 9.17) is 0 Å². The molecule has 2 aromatic rings. The van der Waals surface area contributed by atoms with Gasteiger partial charge in [-0.2, -0.15) is 0 Å². The largest absolute Gasteiger partial charge is 0.340 e. The second-order valence-corrected chi connectivity index (χ2v) is 3.81. The molecule has 0 atom stereocenters. The van der Waals surface area contributed by atoms with E-state index in [1.54, 1.807) is 0 Å². The minimum atomic E-state index is 0.783. The van der Waals surface area contributed by atoms with Crippen molar-refractivity contribution in [2.24, 2.45) is 4.99 Å². The van der Waals surface area contributed by atoms with Crippen LogP contribution in [-0.4, -0.2) is 5.84 Å². The summed E-state index contributed by atoms with van der Waals surface area (Å²) in [5.74, 6) is 0.974. The highest BCUT2D eigenvalue weighted by atomic mass is 15.0. The number of hydrogen-bond acceptors (Lipinski definition) is 2. The minimum Gasteiger partial charge on any atom is -0.340 e. The molecule has 20 heavy (non-hydrogen) atoms. The third-order valence-electron chi connectivity index (χ3n) is 2.72. The fourth-order valence-electron chi connectivity index (χ4n) is 1.90. The molecule has 0 aromatic heterocycles. The molecule has 3 rings (SSSR count). The van der Waals surface area contributed by atoms with E-state index in [2.05, 4.69) is 28.5 Å². The lowest BCUT2D eigenvalue weighted by molar-refractivity contribution is 1.11. The van der Waals surface area contributed by atoms with Gasteiger partial charge in [0.2, 0.25) is 0 Å². The van der Waals surface area contributed by atoms with Crippen molar-refractivity contribution in [3.8, 4) is 0 Å². The van der Waals surface area contributed by atoms with Crippen molar-refractivity contribution in [2.75, 3.05) is 5.32 Å². The van der Waals surface area contributed by atoms with Gasteiger partial charge in [-0.05, 0) is 17.7 Å². The highest BCUT2D eigenvalue weighted by Gasteiger charge is 2.14. The summed E-state index contributed by atoms with van der Waals surface area (Å²) in [7, 11) is 0. The molecule has 1 aliphatic rings. The summed E-state index contributed by atoms with van der Waals surface area (Å²) in [5, 5.41) is 3.35. The van der Waals surface area contributed by atoms with E-state index in [9.17, 15) is 0 Å². The summed E-state index contributed by atoms with van der Waals surface area (Å²) in [6.45, 7) is 8.78. The molecule has 0 saturated heterocycles. The van der Waals surface area contributed by atoms with Gasteiger partial charge in [-0.25, -0.2) is 0 Å². The highest BCUT2D eigenvalue weighted by molar-refractivity contribution is 6.10. The minimum absolute atomic E-state index is 0.783. The Morgan fingerprint density at radius 1 is 0.800 bits per heavy atom. The molecule has 1 N–H and O–H groups in total. The van der Waals surface area contributed by atoms with E-state index in [0.29, 0.717) is 0 Å². The second-order valence-electron chi connectivity index (χ2n) is 3.81. The maximum atomic E-state index is 4.50. The number of para-hydroxylation sites is 1. The average Bonchev–Trinajstić information content (AvgIpc) is 2.96. The van der Waals surface area contributed by atoms with Crippen LogP contribution in [0, 0.1) is 0 Å². The highest BCUT2D eigenvalue weighted by Crippen LogP contribution is 2.19. The number of fused-ring (bicyclic) bond motifs is 1. The third kappa shape index (κ3) is 3.95. The molecule has 0 spiro atoms. The first kappa shape index (κ1) is 16.0. The Balaban J connectivity index is 0.000000461. The first-order valence-electron chi connectivity index (χ1n) is 7.38. The zero-order valence-electron chi connectivity index (χ0n) is 12.9. The van der Waals surface area contributed by atoms with E-state index in [-0.39, 0.29) is 0 Å². The van der Waals surface area contributed by atoms with E-state index in [1.807, 2.05) is 64.1 Å². The van der Waals surface area contributed by atoms with Crippen molar-refractivity contribution in [1.29, 1.82) is 0 Å². The molecular weight excluding hydrogens is 244 g/mol. The number of aliphatic imine (C=N–C) groups is 1. The average molecular weight is 268 g/mol. The molecule has 0 aliphatic carbocycles. The van der Waals surface area contributed by atoms with Gasteiger partial charge in [0.1, 0.15) is 5.84 Å². The van der Waals surface area contributed by atoms with Crippen molar-refractivity contribution in [2.45, 2.75) is 34.2 Å². The first-order chi connectivity index (χ1) is 9.93. The standard InChI is InChI=1S/C14H12N2.2C2H6/c1-2-7-12(8-3-1)16-14-13-9-5-4-6-11(13)10-15-14;2*1-2/h1-9H,10H2,(H,15,16);2*1-2H3. The van der Waals surface area contributed by atoms with Crippen LogP contribution in [-0.2, 0) is 6.54 Å². The number of anilines is 1. The van der Waals surface area contributed by atoms with Gasteiger partial charge in [0.15, 0.2) is 0 Å². The zero-order chi connectivity index (χ0) is 14.8. The molecule has 0 bridgehead atoms. The number of benzene rings is 2. The Hall–Kier alpha value is -2.09. The van der Waals surface area contributed by atoms with Crippen molar-refractivity contribution in [1.82, 2.24) is 0 Å². The van der Waals surface area contributed by atoms with Crippen LogP contribution in [0.4, 0.5) is 5.69 Å². The van der Waals surface area contributed by atoms with E-state index < -0.39 is 0 Å². The molecule has 0 unspecified atom stereocenters. The molecule has 2 heteroatoms. The first-order valence-corrected chi connectivity index (χ1v) is 7.38. The van der Waals surface area contributed by atoms with Gasteiger partial charge in [-0.1, -0.05) is 70.2 Å². The predicted octanol–water partition coefficient (Wildman–Crippen LogP) is 5.11. The number of amidine groups is 1. The van der Waals surface area contributed by atoms with E-state index >= 15 is 0 Å². The van der Waals surface area contributed by atoms with E-state index in [0.717, 1.165) is 18.1 Å². The maximum absolute atomic E-state index is 4.50. The Morgan fingerprint density at radius 2 is 1.40 bits per heavy atom. The number of nitrogens with zero attached hydrogens (tertiary/aromatic N) is 1. The van der Waals surface area contributed by atoms with Crippen molar-refractivity contribution in [3.05, 3.63) is 65.7 Å². The van der Waals surface area contributed by atoms with Crippen molar-refractivity contribution < 1.29 is 0 Å². The maximum Gasteiger partial charge on any atom is 0.133 e. The van der Waals surface area contributed by atoms with Crippen LogP contribution in [0.2, 0.25) is 0 Å². The van der Waals surface area contributed by atoms with Gasteiger partial charge >= 0.3 is 0 Å². The summed E-state index contributed by atoms with van der Waals surface area (Å²) >= 11 is 0. The lowest BCUT2D eigenvalue weighted by atomic mass is 10.1. The smallest absolute Gasteiger partial charge is 0.133 e. The van der Waals surface area contributed by atoms with Crippen LogP contribution >= 0.6 is 0 Å². The molecule has 2 aromatic carbocycles. The SMILES string of the molecule is CC.CC.c1ccc(NC2=NCc3ccccc32)cc1. The van der Waals surface area contributed by atoms with Crippen LogP contribution in [0.5, 0.6) is 0 Å². The van der Waals surface area contributed by atoms with Crippen molar-refractivity contribution >= 4 is 11.5 Å². The fourth-order valence-corrected chi connectivity index (χ4v) is 1.90. The topological polar surface area (TPSA) is 24.4 Å². The Bertz CT molecular complexity index is 530. The second kappa shape index (κ2) is 8.92. The van der Waals surface area contributed by atoms with Gasteiger partial charge in [0.05, 0.1) is 6.54 Å². The molecule has 1 heterocycles. The van der Waals surface area contributed by atoms with Crippen LogP contribution in [0.25, 0.3) is 0 Å². The number of rotatable bonds is 1. The summed E-state index contributed by atoms with van der Waals surface area (Å²) in [6, 6.07) is 18.5. The number of nitrogens with one attached hydrogen (secondary N) is 1. The molecule has 1 aliphatic heterocycles. The van der Waals surface area contributed by atoms with Gasteiger partial charge in [0.25, 0.3) is 0 Å². The van der Waals surface area contributed by atoms with Gasteiger partial charge in [0, 0.05) is 11.3 Å². The van der Waals surface area contributed by atoms with Gasteiger partial charge in [-0.3, -0.25) is 4.99 Å². The quantitative estimate of drug-likeness (QED) is 0.763. The molecule has 0 fully saturated rings. The van der Waals surface area contributed by atoms with Crippen LogP contribution in [0.1, 0.15) is 38.8 Å².